The number of rotatable bonds is 10. The highest BCUT2D eigenvalue weighted by Gasteiger charge is 2.17. The molecule has 0 bridgehead atoms. The number of piperazine rings is 1. The smallest absolute Gasteiger partial charge is 0.253 e. The molecular weight excluding hydrogens is 554 g/mol. The van der Waals surface area contributed by atoms with Crippen LogP contribution in [0.2, 0.25) is 0 Å². The van der Waals surface area contributed by atoms with Crippen LogP contribution in [0.4, 0.5) is 0 Å². The maximum absolute atomic E-state index is 13.5. The van der Waals surface area contributed by atoms with Crippen LogP contribution in [0.3, 0.4) is 0 Å². The number of likely N-dealkylation sites (N-methyl/N-ethyl adjacent to an activating group) is 1. The van der Waals surface area contributed by atoms with Crippen LogP contribution >= 0.6 is 0 Å². The van der Waals surface area contributed by atoms with Gasteiger partial charge in [0.25, 0.3) is 5.91 Å². The molecule has 0 aliphatic carbocycles. The van der Waals surface area contributed by atoms with Gasteiger partial charge in [-0.15, -0.1) is 0 Å². The third-order valence-electron chi connectivity index (χ3n) is 8.08. The van der Waals surface area contributed by atoms with E-state index in [9.17, 15) is 9.59 Å². The summed E-state index contributed by atoms with van der Waals surface area (Å²) in [4.78, 5) is 36.7. The van der Waals surface area contributed by atoms with E-state index in [1.807, 2.05) is 76.1 Å². The van der Waals surface area contributed by atoms with E-state index < -0.39 is 0 Å². The summed E-state index contributed by atoms with van der Waals surface area (Å²) in [5.41, 5.74) is 4.68. The van der Waals surface area contributed by atoms with E-state index in [4.69, 9.17) is 4.74 Å². The highest BCUT2D eigenvalue weighted by molar-refractivity contribution is 5.99. The first-order chi connectivity index (χ1) is 20.9. The third-order valence-corrected chi connectivity index (χ3v) is 8.08. The minimum absolute atomic E-state index is 0. The number of imidazole rings is 1. The molecule has 4 heterocycles. The van der Waals surface area contributed by atoms with Crippen molar-refractivity contribution in [2.45, 2.75) is 20.4 Å². The van der Waals surface area contributed by atoms with Gasteiger partial charge in [0.1, 0.15) is 23.7 Å². The largest absolute Gasteiger partial charge is 0.492 e. The van der Waals surface area contributed by atoms with Gasteiger partial charge >= 0.3 is 0 Å². The molecular formula is C34H41N7O3. The number of amides is 1. The predicted molar refractivity (Wildman–Crippen MR) is 173 cm³/mol. The summed E-state index contributed by atoms with van der Waals surface area (Å²) in [6, 6.07) is 17.3. The Morgan fingerprint density at radius 2 is 1.77 bits per heavy atom. The lowest BCUT2D eigenvalue weighted by Gasteiger charge is -2.32. The summed E-state index contributed by atoms with van der Waals surface area (Å²) in [5.74, 6) is 0.691. The van der Waals surface area contributed by atoms with Crippen LogP contribution in [0.25, 0.3) is 16.6 Å². The summed E-state index contributed by atoms with van der Waals surface area (Å²) >= 11 is 0. The number of carbonyl (C=O) groups excluding carboxylic acids is 2. The molecule has 1 amide bonds. The van der Waals surface area contributed by atoms with Crippen molar-refractivity contribution in [3.05, 3.63) is 95.6 Å². The molecule has 5 aromatic rings. The molecule has 2 aromatic carbocycles. The molecule has 1 fully saturated rings. The van der Waals surface area contributed by atoms with E-state index in [1.165, 1.54) is 0 Å². The molecule has 3 aromatic heterocycles. The van der Waals surface area contributed by atoms with Gasteiger partial charge in [0, 0.05) is 76.5 Å². The SMILES string of the molecule is C.CN1CCN(CCOc2ccn3c(C(=O)Cc4cccc5c4cnn5Cc4cccc(C(=O)N(C)C)c4)cnc3c2)CC1. The second kappa shape index (κ2) is 13.4. The Labute approximate surface area is 258 Å². The van der Waals surface area contributed by atoms with Crippen LogP contribution in [-0.4, -0.2) is 106 Å². The molecule has 44 heavy (non-hydrogen) atoms. The zero-order chi connectivity index (χ0) is 29.9. The van der Waals surface area contributed by atoms with Gasteiger partial charge in [0.05, 0.1) is 24.5 Å². The molecule has 0 radical (unpaired) electrons. The number of Topliss-reactive ketones (excluding diaryl/α,β-unsaturated/α-hetero) is 1. The molecule has 0 atom stereocenters. The average Bonchev–Trinajstić information content (AvgIpc) is 3.62. The van der Waals surface area contributed by atoms with Gasteiger partial charge in [0.2, 0.25) is 0 Å². The molecule has 10 heteroatoms. The van der Waals surface area contributed by atoms with Gasteiger partial charge in [-0.3, -0.25) is 23.6 Å². The number of fused-ring (bicyclic) bond motifs is 2. The van der Waals surface area contributed by atoms with E-state index >= 15 is 0 Å². The summed E-state index contributed by atoms with van der Waals surface area (Å²) in [6.07, 6.45) is 5.53. The number of pyridine rings is 1. The van der Waals surface area contributed by atoms with Gasteiger partial charge in [-0.2, -0.15) is 5.10 Å². The minimum atomic E-state index is -0.0367. The Kier molecular flexibility index (Phi) is 9.41. The van der Waals surface area contributed by atoms with Crippen molar-refractivity contribution in [2.24, 2.45) is 0 Å². The Morgan fingerprint density at radius 1 is 0.977 bits per heavy atom. The Hall–Kier alpha value is -4.54. The number of aromatic nitrogens is 4. The van der Waals surface area contributed by atoms with Crippen molar-refractivity contribution in [1.29, 1.82) is 0 Å². The zero-order valence-corrected chi connectivity index (χ0v) is 24.9. The highest BCUT2D eigenvalue weighted by atomic mass is 16.5. The molecule has 0 saturated carbocycles. The number of ether oxygens (including phenoxy) is 1. The first-order valence-electron chi connectivity index (χ1n) is 14.6. The number of nitrogens with zero attached hydrogens (tertiary/aromatic N) is 7. The highest BCUT2D eigenvalue weighted by Crippen LogP contribution is 2.23. The van der Waals surface area contributed by atoms with Crippen LogP contribution in [0.15, 0.2) is 73.2 Å². The van der Waals surface area contributed by atoms with Gasteiger partial charge < -0.3 is 14.5 Å². The van der Waals surface area contributed by atoms with Crippen LogP contribution in [0.5, 0.6) is 5.75 Å². The summed E-state index contributed by atoms with van der Waals surface area (Å²) in [5, 5.41) is 5.55. The lowest BCUT2D eigenvalue weighted by atomic mass is 10.0. The third kappa shape index (κ3) is 6.66. The second-order valence-electron chi connectivity index (χ2n) is 11.4. The molecule has 1 saturated heterocycles. The first kappa shape index (κ1) is 30.9. The van der Waals surface area contributed by atoms with Crippen molar-refractivity contribution >= 4 is 28.2 Å². The van der Waals surface area contributed by atoms with E-state index in [0.29, 0.717) is 30.1 Å². The van der Waals surface area contributed by atoms with Gasteiger partial charge in [-0.1, -0.05) is 31.7 Å². The Morgan fingerprint density at radius 3 is 2.57 bits per heavy atom. The monoisotopic (exact) mass is 595 g/mol. The van der Waals surface area contributed by atoms with E-state index in [2.05, 4.69) is 26.9 Å². The standard InChI is InChI=1S/C33H37N7O3.CH4/c1-36(2)33(42)26-8-4-6-24(18-26)23-40-29-9-5-7-25(28(29)21-35-40)19-31(41)30-22-34-32-20-27(10-11-39(30)32)43-17-16-38-14-12-37(3)13-15-38;/h4-11,18,20-22H,12-17,19,23H2,1-3H3;1H4. The quantitative estimate of drug-likeness (QED) is 0.225. The van der Waals surface area contributed by atoms with Gasteiger partial charge in [0.15, 0.2) is 5.78 Å². The maximum atomic E-state index is 13.5. The average molecular weight is 596 g/mol. The Balaban J connectivity index is 0.00000384. The zero-order valence-electron chi connectivity index (χ0n) is 24.9. The maximum Gasteiger partial charge on any atom is 0.253 e. The number of hydrogen-bond acceptors (Lipinski definition) is 7. The Bertz CT molecular complexity index is 1770. The lowest BCUT2D eigenvalue weighted by molar-refractivity contribution is 0.0827. The molecule has 0 N–H and O–H groups in total. The van der Waals surface area contributed by atoms with Crippen molar-refractivity contribution in [1.82, 2.24) is 33.9 Å². The van der Waals surface area contributed by atoms with Crippen molar-refractivity contribution < 1.29 is 14.3 Å². The summed E-state index contributed by atoms with van der Waals surface area (Å²) < 4.78 is 9.73. The molecule has 6 rings (SSSR count). The van der Waals surface area contributed by atoms with Gasteiger partial charge in [-0.05, 0) is 42.4 Å². The number of hydrogen-bond donors (Lipinski definition) is 0. The van der Waals surface area contributed by atoms with E-state index in [1.54, 1.807) is 25.2 Å². The van der Waals surface area contributed by atoms with E-state index in [0.717, 1.165) is 60.5 Å². The van der Waals surface area contributed by atoms with Crippen LogP contribution < -0.4 is 4.74 Å². The van der Waals surface area contributed by atoms with Crippen molar-refractivity contribution in [3.63, 3.8) is 0 Å². The van der Waals surface area contributed by atoms with E-state index in [-0.39, 0.29) is 25.5 Å². The predicted octanol–water partition coefficient (Wildman–Crippen LogP) is 4.12. The van der Waals surface area contributed by atoms with Crippen molar-refractivity contribution in [2.75, 3.05) is 60.5 Å². The molecule has 0 spiro atoms. The van der Waals surface area contributed by atoms with Gasteiger partial charge in [-0.25, -0.2) is 4.98 Å². The lowest BCUT2D eigenvalue weighted by Crippen LogP contribution is -2.45. The fraction of sp³-hybridized carbons (Fsp3) is 0.353. The molecule has 10 nitrogen and oxygen atoms in total. The summed E-state index contributed by atoms with van der Waals surface area (Å²) in [7, 11) is 5.64. The molecule has 1 aliphatic heterocycles. The first-order valence-corrected chi connectivity index (χ1v) is 14.6. The normalized spacial score (nSPS) is 14.1. The fourth-order valence-corrected chi connectivity index (χ4v) is 5.56. The number of carbonyl (C=O) groups is 2. The number of ketones is 1. The molecule has 1 aliphatic rings. The fourth-order valence-electron chi connectivity index (χ4n) is 5.56. The summed E-state index contributed by atoms with van der Waals surface area (Å²) in [6.45, 7) is 6.32. The molecule has 230 valence electrons. The van der Waals surface area contributed by atoms with Crippen molar-refractivity contribution in [3.8, 4) is 5.75 Å². The number of benzene rings is 2. The molecule has 0 unspecified atom stereocenters. The minimum Gasteiger partial charge on any atom is -0.492 e. The van der Waals surface area contributed by atoms with Crippen LogP contribution in [0, 0.1) is 0 Å². The van der Waals surface area contributed by atoms with Crippen LogP contribution in [-0.2, 0) is 13.0 Å². The van der Waals surface area contributed by atoms with Crippen LogP contribution in [0.1, 0.15) is 39.4 Å². The topological polar surface area (TPSA) is 88.2 Å². The second-order valence-corrected chi connectivity index (χ2v) is 11.4.